The third-order valence-electron chi connectivity index (χ3n) is 11.2. The molecule has 0 aliphatic carbocycles. The van der Waals surface area contributed by atoms with Crippen LogP contribution in [-0.2, 0) is 6.42 Å². The third-order valence-corrected chi connectivity index (χ3v) is 11.2. The first-order valence-electron chi connectivity index (χ1n) is 22.6. The molecular weight excluding hydrogens is 757 g/mol. The maximum Gasteiger partial charge on any atom is -0.0155 e. The van der Waals surface area contributed by atoms with Crippen molar-refractivity contribution in [2.45, 2.75) is 73.6 Å². The van der Waals surface area contributed by atoms with Gasteiger partial charge in [-0.3, -0.25) is 0 Å². The predicted octanol–water partition coefficient (Wildman–Crippen LogP) is 18.3. The molecule has 0 N–H and O–H groups in total. The van der Waals surface area contributed by atoms with Gasteiger partial charge in [0.25, 0.3) is 0 Å². The smallest absolute Gasteiger partial charge is 0.0155 e. The Kier molecular flexibility index (Phi) is 19.4. The molecule has 0 spiro atoms. The highest BCUT2D eigenvalue weighted by Crippen LogP contribution is 2.22. The molecule has 0 heteroatoms. The molecule has 0 saturated heterocycles. The quantitative estimate of drug-likeness (QED) is 0.150. The maximum absolute atomic E-state index is 2.26. The van der Waals surface area contributed by atoms with Crippen LogP contribution in [0.2, 0.25) is 0 Å². The zero-order valence-corrected chi connectivity index (χ0v) is 38.6. The minimum Gasteiger partial charge on any atom is -0.0651 e. The van der Waals surface area contributed by atoms with Crippen LogP contribution in [0, 0.1) is 27.7 Å². The van der Waals surface area contributed by atoms with Gasteiger partial charge >= 0.3 is 0 Å². The highest BCUT2D eigenvalue weighted by Gasteiger charge is 2.00. The Morgan fingerprint density at radius 3 is 1.08 bits per heavy atom. The summed E-state index contributed by atoms with van der Waals surface area (Å²) in [5, 5.41) is 2.68. The summed E-state index contributed by atoms with van der Waals surface area (Å²) >= 11 is 0. The highest BCUT2D eigenvalue weighted by molar-refractivity contribution is 5.85. The largest absolute Gasteiger partial charge is 0.0651 e. The summed E-state index contributed by atoms with van der Waals surface area (Å²) < 4.78 is 0. The summed E-state index contributed by atoms with van der Waals surface area (Å²) in [4.78, 5) is 0. The molecule has 9 rings (SSSR count). The normalized spacial score (nSPS) is 10.6. The van der Waals surface area contributed by atoms with Gasteiger partial charge in [-0.25, -0.2) is 0 Å². The first-order valence-corrected chi connectivity index (χ1v) is 22.6. The van der Waals surface area contributed by atoms with E-state index in [0.29, 0.717) is 5.92 Å². The molecule has 9 aromatic rings. The molecule has 9 aromatic carbocycles. The van der Waals surface area contributed by atoms with Crippen molar-refractivity contribution < 1.29 is 0 Å². The van der Waals surface area contributed by atoms with E-state index in [1.165, 1.54) is 96.8 Å². The van der Waals surface area contributed by atoms with Crippen LogP contribution in [0.5, 0.6) is 0 Å². The first kappa shape index (κ1) is 47.3. The van der Waals surface area contributed by atoms with Gasteiger partial charge in [-0.15, -0.1) is 0 Å². The van der Waals surface area contributed by atoms with Crippen LogP contribution in [0.15, 0.2) is 231 Å². The molecule has 0 amide bonds. The standard InChI is InChI=1S/C15H16.C14H14.C13H12.C11H10.C10H14/c1-2-6-13-9-11-15(12-10-13)14-7-4-3-5-8-14;1-11-3-7-13(8-4-11)14-9-5-12(2)6-10-14;1-11-7-9-13(10-8-11)12-5-3-2-4-6-12;1-9-5-4-7-10-6-2-3-8-11(9)10;1-3-9(2)10-7-5-4-6-8-10/h3-5,7-12H,2,6H2,1H3;3-10H,1-2H3;2-10H,1H3;2-8H,1H3;4-9H,3H2,1-2H3. The molecule has 0 aliphatic heterocycles. The molecule has 63 heavy (non-hydrogen) atoms. The number of fused-ring (bicyclic) bond motifs is 1. The topological polar surface area (TPSA) is 0 Å². The molecule has 0 saturated carbocycles. The molecule has 0 bridgehead atoms. The van der Waals surface area contributed by atoms with Crippen molar-refractivity contribution in [1.82, 2.24) is 0 Å². The van der Waals surface area contributed by atoms with E-state index in [1.54, 1.807) is 0 Å². The van der Waals surface area contributed by atoms with Gasteiger partial charge in [-0.05, 0) is 107 Å². The van der Waals surface area contributed by atoms with Gasteiger partial charge in [0.2, 0.25) is 0 Å². The van der Waals surface area contributed by atoms with Crippen molar-refractivity contribution >= 4 is 10.8 Å². The van der Waals surface area contributed by atoms with Gasteiger partial charge in [0.05, 0.1) is 0 Å². The molecule has 0 fully saturated rings. The molecule has 1 atom stereocenters. The number of benzene rings is 9. The van der Waals surface area contributed by atoms with Gasteiger partial charge in [-0.2, -0.15) is 0 Å². The van der Waals surface area contributed by atoms with Crippen LogP contribution in [0.3, 0.4) is 0 Å². The van der Waals surface area contributed by atoms with E-state index in [0.717, 1.165) is 0 Å². The van der Waals surface area contributed by atoms with Gasteiger partial charge in [0.1, 0.15) is 0 Å². The van der Waals surface area contributed by atoms with Crippen molar-refractivity contribution in [3.05, 3.63) is 264 Å². The lowest BCUT2D eigenvalue weighted by atomic mass is 9.99. The Morgan fingerprint density at radius 2 is 0.683 bits per heavy atom. The Morgan fingerprint density at radius 1 is 0.333 bits per heavy atom. The Balaban J connectivity index is 0.000000150. The summed E-state index contributed by atoms with van der Waals surface area (Å²) in [7, 11) is 0. The molecular formula is C63H66. The fourth-order valence-corrected chi connectivity index (χ4v) is 7.06. The van der Waals surface area contributed by atoms with Gasteiger partial charge < -0.3 is 0 Å². The Labute approximate surface area is 380 Å². The molecule has 0 nitrogen and oxygen atoms in total. The zero-order chi connectivity index (χ0) is 44.7. The second kappa shape index (κ2) is 25.9. The van der Waals surface area contributed by atoms with Crippen LogP contribution in [-0.4, -0.2) is 0 Å². The minimum atomic E-state index is 0.709. The van der Waals surface area contributed by atoms with Crippen molar-refractivity contribution in [3.63, 3.8) is 0 Å². The summed E-state index contributed by atoms with van der Waals surface area (Å²) in [5.41, 5.74) is 15.9. The van der Waals surface area contributed by atoms with E-state index >= 15 is 0 Å². The van der Waals surface area contributed by atoms with Crippen molar-refractivity contribution in [3.8, 4) is 33.4 Å². The molecule has 1 unspecified atom stereocenters. The molecule has 0 radical (unpaired) electrons. The second-order valence-electron chi connectivity index (χ2n) is 16.3. The monoisotopic (exact) mass is 823 g/mol. The third kappa shape index (κ3) is 15.9. The summed E-state index contributed by atoms with van der Waals surface area (Å²) in [6.07, 6.45) is 3.61. The van der Waals surface area contributed by atoms with Crippen LogP contribution in [0.25, 0.3) is 44.2 Å². The average Bonchev–Trinajstić information content (AvgIpc) is 3.34. The molecule has 0 heterocycles. The molecule has 0 aromatic heterocycles. The Hall–Kier alpha value is -6.76. The van der Waals surface area contributed by atoms with Crippen molar-refractivity contribution in [2.24, 2.45) is 0 Å². The average molecular weight is 823 g/mol. The number of rotatable bonds is 7. The van der Waals surface area contributed by atoms with E-state index in [9.17, 15) is 0 Å². The maximum atomic E-state index is 2.26. The fourth-order valence-electron chi connectivity index (χ4n) is 7.06. The lowest BCUT2D eigenvalue weighted by Gasteiger charge is -2.06. The van der Waals surface area contributed by atoms with E-state index in [2.05, 4.69) is 273 Å². The van der Waals surface area contributed by atoms with E-state index < -0.39 is 0 Å². The predicted molar refractivity (Wildman–Crippen MR) is 278 cm³/mol. The minimum absolute atomic E-state index is 0.709. The highest BCUT2D eigenvalue weighted by atomic mass is 14.1. The van der Waals surface area contributed by atoms with Crippen molar-refractivity contribution in [1.29, 1.82) is 0 Å². The first-order chi connectivity index (χ1) is 30.7. The SMILES string of the molecule is CCC(C)c1ccccc1.CCCc1ccc(-c2ccccc2)cc1.Cc1ccc(-c2ccc(C)cc2)cc1.Cc1ccc(-c2ccccc2)cc1.Cc1cccc2ccccc12. The van der Waals surface area contributed by atoms with Gasteiger partial charge in [0, 0.05) is 0 Å². The summed E-state index contributed by atoms with van der Waals surface area (Å²) in [6, 6.07) is 81.1. The van der Waals surface area contributed by atoms with Gasteiger partial charge in [-0.1, -0.05) is 274 Å². The van der Waals surface area contributed by atoms with Crippen molar-refractivity contribution in [2.75, 3.05) is 0 Å². The Bertz CT molecular complexity index is 2540. The summed E-state index contributed by atoms with van der Waals surface area (Å²) in [6.45, 7) is 15.2. The van der Waals surface area contributed by atoms with Crippen LogP contribution < -0.4 is 0 Å². The summed E-state index contributed by atoms with van der Waals surface area (Å²) in [5.74, 6) is 0.709. The molecule has 0 aliphatic rings. The number of aryl methyl sites for hydroxylation is 5. The van der Waals surface area contributed by atoms with Crippen LogP contribution in [0.4, 0.5) is 0 Å². The van der Waals surface area contributed by atoms with Gasteiger partial charge in [0.15, 0.2) is 0 Å². The molecule has 318 valence electrons. The van der Waals surface area contributed by atoms with E-state index in [-0.39, 0.29) is 0 Å². The van der Waals surface area contributed by atoms with E-state index in [4.69, 9.17) is 0 Å². The number of hydrogen-bond donors (Lipinski definition) is 0. The lowest BCUT2D eigenvalue weighted by molar-refractivity contribution is 0.733. The van der Waals surface area contributed by atoms with Crippen LogP contribution in [0.1, 0.15) is 72.9 Å². The van der Waals surface area contributed by atoms with E-state index in [1.807, 2.05) is 6.07 Å². The lowest BCUT2D eigenvalue weighted by Crippen LogP contribution is -1.88. The zero-order valence-electron chi connectivity index (χ0n) is 38.6. The van der Waals surface area contributed by atoms with Crippen LogP contribution >= 0.6 is 0 Å². The number of hydrogen-bond acceptors (Lipinski definition) is 0. The fraction of sp³-hybridized carbons (Fsp3) is 0.175. The second-order valence-corrected chi connectivity index (χ2v) is 16.3.